The molecule has 1 aromatic rings. The average molecular weight is 217 g/mol. The van der Waals surface area contributed by atoms with Crippen molar-refractivity contribution in [1.29, 1.82) is 0 Å². The van der Waals surface area contributed by atoms with Crippen LogP contribution in [0.3, 0.4) is 0 Å². The molecule has 0 saturated carbocycles. The molecule has 1 nitrogen and oxygen atoms in total. The fourth-order valence-corrected chi connectivity index (χ4v) is 1.74. The highest BCUT2D eigenvalue weighted by Gasteiger charge is 2.11. The summed E-state index contributed by atoms with van der Waals surface area (Å²) >= 11 is 5.94. The molecule has 0 fully saturated rings. The highest BCUT2D eigenvalue weighted by molar-refractivity contribution is 6.31. The summed E-state index contributed by atoms with van der Waals surface area (Å²) < 4.78 is 13.6. The Morgan fingerprint density at radius 2 is 2.07 bits per heavy atom. The second-order valence-corrected chi connectivity index (χ2v) is 3.83. The molecule has 1 N–H and O–H groups in total. The third-order valence-corrected chi connectivity index (χ3v) is 2.74. The standard InChI is InChI=1S/C11H14ClFO/c1-7-6-10(12)8(2)9(11(7)13)4-3-5-14/h6,14H,3-5H2,1-2H3. The summed E-state index contributed by atoms with van der Waals surface area (Å²) in [4.78, 5) is 0. The molecule has 1 aromatic carbocycles. The van der Waals surface area contributed by atoms with Gasteiger partial charge in [-0.1, -0.05) is 11.6 Å². The Hall–Kier alpha value is -0.600. The van der Waals surface area contributed by atoms with Gasteiger partial charge in [-0.15, -0.1) is 0 Å². The van der Waals surface area contributed by atoms with Crippen LogP contribution in [0.2, 0.25) is 5.02 Å². The Morgan fingerprint density at radius 1 is 1.43 bits per heavy atom. The third-order valence-electron chi connectivity index (χ3n) is 2.35. The summed E-state index contributed by atoms with van der Waals surface area (Å²) in [6.07, 6.45) is 1.10. The van der Waals surface area contributed by atoms with Crippen molar-refractivity contribution in [2.45, 2.75) is 26.7 Å². The van der Waals surface area contributed by atoms with Gasteiger partial charge in [0.05, 0.1) is 0 Å². The first-order valence-corrected chi connectivity index (χ1v) is 5.00. The second-order valence-electron chi connectivity index (χ2n) is 3.42. The van der Waals surface area contributed by atoms with Crippen LogP contribution in [-0.4, -0.2) is 11.7 Å². The van der Waals surface area contributed by atoms with Gasteiger partial charge >= 0.3 is 0 Å². The first kappa shape index (κ1) is 11.5. The monoisotopic (exact) mass is 216 g/mol. The van der Waals surface area contributed by atoms with Crippen molar-refractivity contribution in [3.05, 3.63) is 33.6 Å². The zero-order valence-corrected chi connectivity index (χ0v) is 9.16. The number of aliphatic hydroxyl groups excluding tert-OH is 1. The molecule has 0 amide bonds. The predicted molar refractivity (Wildman–Crippen MR) is 56.3 cm³/mol. The summed E-state index contributed by atoms with van der Waals surface area (Å²) in [6, 6.07) is 1.63. The lowest BCUT2D eigenvalue weighted by molar-refractivity contribution is 0.288. The van der Waals surface area contributed by atoms with E-state index in [1.165, 1.54) is 0 Å². The molecule has 78 valence electrons. The molecule has 0 aliphatic carbocycles. The number of halogens is 2. The van der Waals surface area contributed by atoms with E-state index in [1.807, 2.05) is 0 Å². The van der Waals surface area contributed by atoms with Gasteiger partial charge in [0, 0.05) is 11.6 Å². The van der Waals surface area contributed by atoms with E-state index < -0.39 is 0 Å². The maximum atomic E-state index is 13.6. The quantitative estimate of drug-likeness (QED) is 0.824. The topological polar surface area (TPSA) is 20.2 Å². The number of hydrogen-bond acceptors (Lipinski definition) is 1. The van der Waals surface area contributed by atoms with Crippen molar-refractivity contribution in [3.63, 3.8) is 0 Å². The van der Waals surface area contributed by atoms with Crippen LogP contribution < -0.4 is 0 Å². The van der Waals surface area contributed by atoms with Crippen LogP contribution >= 0.6 is 11.6 Å². The Balaban J connectivity index is 3.11. The summed E-state index contributed by atoms with van der Waals surface area (Å²) in [5.41, 5.74) is 1.97. The molecule has 0 radical (unpaired) electrons. The van der Waals surface area contributed by atoms with E-state index in [2.05, 4.69) is 0 Å². The summed E-state index contributed by atoms with van der Waals surface area (Å²) in [6.45, 7) is 3.57. The minimum atomic E-state index is -0.194. The smallest absolute Gasteiger partial charge is 0.129 e. The predicted octanol–water partition coefficient (Wildman–Crippen LogP) is 3.02. The summed E-state index contributed by atoms with van der Waals surface area (Å²) in [5, 5.41) is 9.29. The van der Waals surface area contributed by atoms with Gasteiger partial charge in [-0.25, -0.2) is 4.39 Å². The van der Waals surface area contributed by atoms with Gasteiger partial charge in [0.1, 0.15) is 5.82 Å². The highest BCUT2D eigenvalue weighted by Crippen LogP contribution is 2.25. The largest absolute Gasteiger partial charge is 0.396 e. The SMILES string of the molecule is Cc1cc(Cl)c(C)c(CCCO)c1F. The number of benzene rings is 1. The minimum Gasteiger partial charge on any atom is -0.396 e. The Kier molecular flexibility index (Phi) is 3.90. The molecular formula is C11H14ClFO. The molecular weight excluding hydrogens is 203 g/mol. The lowest BCUT2D eigenvalue weighted by atomic mass is 10.0. The summed E-state index contributed by atoms with van der Waals surface area (Å²) in [5.74, 6) is -0.194. The van der Waals surface area contributed by atoms with Crippen molar-refractivity contribution in [2.75, 3.05) is 6.61 Å². The van der Waals surface area contributed by atoms with Crippen LogP contribution in [0.5, 0.6) is 0 Å². The van der Waals surface area contributed by atoms with E-state index in [9.17, 15) is 4.39 Å². The van der Waals surface area contributed by atoms with Crippen LogP contribution in [0.4, 0.5) is 4.39 Å². The minimum absolute atomic E-state index is 0.0739. The van der Waals surface area contributed by atoms with Crippen molar-refractivity contribution in [1.82, 2.24) is 0 Å². The van der Waals surface area contributed by atoms with E-state index >= 15 is 0 Å². The molecule has 0 bridgehead atoms. The highest BCUT2D eigenvalue weighted by atomic mass is 35.5. The molecule has 0 saturated heterocycles. The lowest BCUT2D eigenvalue weighted by Crippen LogP contribution is -2.00. The van der Waals surface area contributed by atoms with Crippen LogP contribution in [0.15, 0.2) is 6.07 Å². The molecule has 1 rings (SSSR count). The van der Waals surface area contributed by atoms with E-state index in [1.54, 1.807) is 19.9 Å². The first-order valence-electron chi connectivity index (χ1n) is 4.63. The molecule has 0 atom stereocenters. The number of aryl methyl sites for hydroxylation is 1. The molecule has 3 heteroatoms. The van der Waals surface area contributed by atoms with E-state index in [0.29, 0.717) is 29.0 Å². The zero-order chi connectivity index (χ0) is 10.7. The Labute approximate surface area is 88.5 Å². The third kappa shape index (κ3) is 2.25. The zero-order valence-electron chi connectivity index (χ0n) is 8.40. The van der Waals surface area contributed by atoms with Crippen molar-refractivity contribution < 1.29 is 9.50 Å². The maximum absolute atomic E-state index is 13.6. The second kappa shape index (κ2) is 4.76. The number of rotatable bonds is 3. The number of aliphatic hydroxyl groups is 1. The Morgan fingerprint density at radius 3 is 2.64 bits per heavy atom. The molecule has 0 aliphatic heterocycles. The first-order chi connectivity index (χ1) is 6.57. The van der Waals surface area contributed by atoms with E-state index in [4.69, 9.17) is 16.7 Å². The van der Waals surface area contributed by atoms with Gasteiger partial charge in [0.15, 0.2) is 0 Å². The molecule has 14 heavy (non-hydrogen) atoms. The van der Waals surface area contributed by atoms with Crippen LogP contribution in [0.25, 0.3) is 0 Å². The molecule has 0 heterocycles. The number of hydrogen-bond donors (Lipinski definition) is 1. The Bertz CT molecular complexity index is 310. The molecule has 0 aromatic heterocycles. The maximum Gasteiger partial charge on any atom is 0.129 e. The van der Waals surface area contributed by atoms with Crippen molar-refractivity contribution in [3.8, 4) is 0 Å². The van der Waals surface area contributed by atoms with Gasteiger partial charge in [0.2, 0.25) is 0 Å². The van der Waals surface area contributed by atoms with E-state index in [0.717, 1.165) is 5.56 Å². The van der Waals surface area contributed by atoms with Gasteiger partial charge < -0.3 is 5.11 Å². The van der Waals surface area contributed by atoms with Crippen LogP contribution in [0, 0.1) is 19.7 Å². The van der Waals surface area contributed by atoms with Crippen molar-refractivity contribution >= 4 is 11.6 Å². The molecule has 0 unspecified atom stereocenters. The summed E-state index contributed by atoms with van der Waals surface area (Å²) in [7, 11) is 0. The van der Waals surface area contributed by atoms with Crippen LogP contribution in [-0.2, 0) is 6.42 Å². The normalized spacial score (nSPS) is 10.6. The van der Waals surface area contributed by atoms with Gasteiger partial charge in [-0.2, -0.15) is 0 Å². The molecule has 0 aliphatic rings. The van der Waals surface area contributed by atoms with Gasteiger partial charge in [0.25, 0.3) is 0 Å². The molecule has 0 spiro atoms. The van der Waals surface area contributed by atoms with Crippen LogP contribution in [0.1, 0.15) is 23.1 Å². The van der Waals surface area contributed by atoms with Gasteiger partial charge in [-0.3, -0.25) is 0 Å². The van der Waals surface area contributed by atoms with Gasteiger partial charge in [-0.05, 0) is 49.4 Å². The fourth-order valence-electron chi connectivity index (χ4n) is 1.46. The average Bonchev–Trinajstić information content (AvgIpc) is 2.15. The van der Waals surface area contributed by atoms with Crippen molar-refractivity contribution in [2.24, 2.45) is 0 Å². The fraction of sp³-hybridized carbons (Fsp3) is 0.455. The lowest BCUT2D eigenvalue weighted by Gasteiger charge is -2.10. The van der Waals surface area contributed by atoms with E-state index in [-0.39, 0.29) is 12.4 Å².